The number of rotatable bonds is 7. The number of carbonyl (C=O) groups excluding carboxylic acids is 1. The van der Waals surface area contributed by atoms with E-state index in [1.807, 2.05) is 18.5 Å². The summed E-state index contributed by atoms with van der Waals surface area (Å²) in [6.07, 6.45) is 4.55. The highest BCUT2D eigenvalue weighted by Crippen LogP contribution is 2.27. The van der Waals surface area contributed by atoms with Crippen LogP contribution in [0.3, 0.4) is 0 Å². The van der Waals surface area contributed by atoms with Gasteiger partial charge in [0.05, 0.1) is 18.1 Å². The molecule has 0 amide bonds. The Morgan fingerprint density at radius 2 is 2.50 bits per heavy atom. The number of carbonyl (C=O) groups is 1. The first kappa shape index (κ1) is 13.9. The van der Waals surface area contributed by atoms with Gasteiger partial charge in [-0.25, -0.2) is 4.98 Å². The van der Waals surface area contributed by atoms with Gasteiger partial charge in [-0.15, -0.1) is 11.3 Å². The highest BCUT2D eigenvalue weighted by atomic mass is 32.2. The number of imidazole rings is 1. The Bertz CT molecular complexity index is 604. The molecule has 1 aliphatic carbocycles. The van der Waals surface area contributed by atoms with Gasteiger partial charge in [0.1, 0.15) is 5.03 Å². The monoisotopic (exact) mass is 311 g/mol. The molecule has 1 N–H and O–H groups in total. The lowest BCUT2D eigenvalue weighted by atomic mass is 10.4. The molecule has 0 unspecified atom stereocenters. The molecule has 2 heterocycles. The van der Waals surface area contributed by atoms with Gasteiger partial charge in [0, 0.05) is 24.2 Å². The van der Waals surface area contributed by atoms with Crippen LogP contribution in [0.1, 0.15) is 25.5 Å². The van der Waals surface area contributed by atoms with Crippen molar-refractivity contribution in [3.05, 3.63) is 17.3 Å². The van der Waals surface area contributed by atoms with Crippen LogP contribution in [-0.2, 0) is 16.1 Å². The van der Waals surface area contributed by atoms with Crippen molar-refractivity contribution < 1.29 is 9.53 Å². The molecule has 2 aromatic heterocycles. The molecule has 2 aromatic rings. The Balaban J connectivity index is 1.72. The maximum absolute atomic E-state index is 11.5. The zero-order valence-corrected chi connectivity index (χ0v) is 12.9. The van der Waals surface area contributed by atoms with Crippen molar-refractivity contribution in [1.82, 2.24) is 14.7 Å². The van der Waals surface area contributed by atoms with Gasteiger partial charge >= 0.3 is 5.97 Å². The normalized spacial score (nSPS) is 14.8. The molecular weight excluding hydrogens is 294 g/mol. The molecular formula is C13H17N3O2S2. The van der Waals surface area contributed by atoms with Crippen LogP contribution in [0.5, 0.6) is 0 Å². The van der Waals surface area contributed by atoms with Crippen LogP contribution in [0.15, 0.2) is 16.6 Å². The Kier molecular flexibility index (Phi) is 4.28. The molecule has 7 heteroatoms. The molecule has 0 saturated heterocycles. The average molecular weight is 311 g/mol. The van der Waals surface area contributed by atoms with E-state index in [4.69, 9.17) is 4.74 Å². The number of fused-ring (bicyclic) bond motifs is 1. The van der Waals surface area contributed by atoms with Gasteiger partial charge in [-0.2, -0.15) is 0 Å². The number of ether oxygens (including phenoxy) is 1. The summed E-state index contributed by atoms with van der Waals surface area (Å²) < 4.78 is 7.06. The first-order valence-electron chi connectivity index (χ1n) is 6.74. The lowest BCUT2D eigenvalue weighted by Gasteiger charge is -2.05. The number of esters is 1. The first-order valence-corrected chi connectivity index (χ1v) is 8.60. The third-order valence-corrected chi connectivity index (χ3v) is 4.83. The third-order valence-electron chi connectivity index (χ3n) is 3.09. The number of hydrogen-bond acceptors (Lipinski definition) is 6. The first-order chi connectivity index (χ1) is 9.78. The molecule has 20 heavy (non-hydrogen) atoms. The van der Waals surface area contributed by atoms with Crippen LogP contribution in [0.2, 0.25) is 0 Å². The van der Waals surface area contributed by atoms with Gasteiger partial charge in [0.25, 0.3) is 0 Å². The second-order valence-electron chi connectivity index (χ2n) is 4.67. The summed E-state index contributed by atoms with van der Waals surface area (Å²) in [5.74, 6) is 0.129. The number of nitrogens with one attached hydrogen (secondary N) is 1. The summed E-state index contributed by atoms with van der Waals surface area (Å²) in [7, 11) is 0. The van der Waals surface area contributed by atoms with Gasteiger partial charge in [0.15, 0.2) is 4.96 Å². The molecule has 0 radical (unpaired) electrons. The van der Waals surface area contributed by atoms with E-state index in [0.717, 1.165) is 22.2 Å². The van der Waals surface area contributed by atoms with E-state index in [0.29, 0.717) is 18.4 Å². The Morgan fingerprint density at radius 1 is 1.65 bits per heavy atom. The minimum Gasteiger partial charge on any atom is -0.465 e. The fourth-order valence-electron chi connectivity index (χ4n) is 1.95. The molecule has 1 aliphatic rings. The van der Waals surface area contributed by atoms with Crippen LogP contribution in [0.4, 0.5) is 0 Å². The average Bonchev–Trinajstić information content (AvgIpc) is 3.04. The van der Waals surface area contributed by atoms with Gasteiger partial charge in [-0.1, -0.05) is 11.8 Å². The van der Waals surface area contributed by atoms with E-state index in [-0.39, 0.29) is 5.97 Å². The smallest absolute Gasteiger partial charge is 0.316 e. The second kappa shape index (κ2) is 6.15. The molecule has 1 saturated carbocycles. The SMILES string of the molecule is CCOC(=O)CSc1nc2sccn2c1CNC1CC1. The lowest BCUT2D eigenvalue weighted by molar-refractivity contribution is -0.139. The second-order valence-corrected chi connectivity index (χ2v) is 6.51. The van der Waals surface area contributed by atoms with Crippen molar-refractivity contribution in [2.75, 3.05) is 12.4 Å². The van der Waals surface area contributed by atoms with Crippen molar-refractivity contribution in [1.29, 1.82) is 0 Å². The van der Waals surface area contributed by atoms with Gasteiger partial charge in [-0.05, 0) is 19.8 Å². The summed E-state index contributed by atoms with van der Waals surface area (Å²) in [5, 5.41) is 6.47. The molecule has 0 aliphatic heterocycles. The molecule has 1 fully saturated rings. The third kappa shape index (κ3) is 3.16. The van der Waals surface area contributed by atoms with Crippen LogP contribution in [-0.4, -0.2) is 33.8 Å². The van der Waals surface area contributed by atoms with E-state index < -0.39 is 0 Å². The highest BCUT2D eigenvalue weighted by Gasteiger charge is 2.22. The highest BCUT2D eigenvalue weighted by molar-refractivity contribution is 7.99. The fraction of sp³-hybridized carbons (Fsp3) is 0.538. The lowest BCUT2D eigenvalue weighted by Crippen LogP contribution is -2.17. The molecule has 5 nitrogen and oxygen atoms in total. The van der Waals surface area contributed by atoms with Crippen molar-refractivity contribution in [2.24, 2.45) is 0 Å². The predicted octanol–water partition coefficient (Wildman–Crippen LogP) is 2.30. The molecule has 0 aromatic carbocycles. The Labute approximate surface area is 125 Å². The van der Waals surface area contributed by atoms with Crippen molar-refractivity contribution in [3.8, 4) is 0 Å². The van der Waals surface area contributed by atoms with Crippen molar-refractivity contribution >= 4 is 34.0 Å². The Hall–Kier alpha value is -1.05. The van der Waals surface area contributed by atoms with Gasteiger partial charge in [0.2, 0.25) is 0 Å². The zero-order valence-electron chi connectivity index (χ0n) is 11.3. The van der Waals surface area contributed by atoms with Crippen LogP contribution in [0, 0.1) is 0 Å². The summed E-state index contributed by atoms with van der Waals surface area (Å²) >= 11 is 3.07. The maximum Gasteiger partial charge on any atom is 0.316 e. The predicted molar refractivity (Wildman–Crippen MR) is 80.3 cm³/mol. The number of thiazole rings is 1. The van der Waals surface area contributed by atoms with Crippen LogP contribution < -0.4 is 5.32 Å². The number of hydrogen-bond donors (Lipinski definition) is 1. The fourth-order valence-corrected chi connectivity index (χ4v) is 3.56. The van der Waals surface area contributed by atoms with E-state index in [1.165, 1.54) is 24.6 Å². The van der Waals surface area contributed by atoms with Crippen molar-refractivity contribution in [3.63, 3.8) is 0 Å². The van der Waals surface area contributed by atoms with Crippen LogP contribution >= 0.6 is 23.1 Å². The van der Waals surface area contributed by atoms with Gasteiger partial charge in [-0.3, -0.25) is 9.20 Å². The van der Waals surface area contributed by atoms with E-state index in [1.54, 1.807) is 11.3 Å². The summed E-state index contributed by atoms with van der Waals surface area (Å²) in [6.45, 7) is 3.04. The number of aromatic nitrogens is 2. The largest absolute Gasteiger partial charge is 0.465 e. The topological polar surface area (TPSA) is 55.6 Å². The minimum atomic E-state index is -0.185. The molecule has 0 bridgehead atoms. The standard InChI is InChI=1S/C13H17N3O2S2/c1-2-18-11(17)8-20-12-10(7-14-9-3-4-9)16-5-6-19-13(16)15-12/h5-6,9,14H,2-4,7-8H2,1H3. The molecule has 0 spiro atoms. The quantitative estimate of drug-likeness (QED) is 0.628. The zero-order chi connectivity index (χ0) is 13.9. The molecule has 108 valence electrons. The number of nitrogens with zero attached hydrogens (tertiary/aromatic N) is 2. The Morgan fingerprint density at radius 3 is 3.25 bits per heavy atom. The molecule has 0 atom stereocenters. The number of thioether (sulfide) groups is 1. The van der Waals surface area contributed by atoms with Gasteiger partial charge < -0.3 is 10.1 Å². The maximum atomic E-state index is 11.5. The van der Waals surface area contributed by atoms with E-state index >= 15 is 0 Å². The molecule has 3 rings (SSSR count). The summed E-state index contributed by atoms with van der Waals surface area (Å²) in [4.78, 5) is 17.0. The minimum absolute atomic E-state index is 0.185. The van der Waals surface area contributed by atoms with Crippen LogP contribution in [0.25, 0.3) is 4.96 Å². The summed E-state index contributed by atoms with van der Waals surface area (Å²) in [6, 6.07) is 0.655. The van der Waals surface area contributed by atoms with E-state index in [9.17, 15) is 4.79 Å². The summed E-state index contributed by atoms with van der Waals surface area (Å²) in [5.41, 5.74) is 1.14. The van der Waals surface area contributed by atoms with E-state index in [2.05, 4.69) is 14.7 Å². The van der Waals surface area contributed by atoms with Crippen molar-refractivity contribution in [2.45, 2.75) is 37.4 Å².